The summed E-state index contributed by atoms with van der Waals surface area (Å²) in [5.74, 6) is 6.34. The Morgan fingerprint density at radius 3 is 2.59 bits per heavy atom. The molecule has 5 N–H and O–H groups in total. The molecule has 1 aliphatic heterocycles. The fraction of sp³-hybridized carbons (Fsp3) is 0.654. The summed E-state index contributed by atoms with van der Waals surface area (Å²) in [7, 11) is 0. The van der Waals surface area contributed by atoms with Crippen molar-refractivity contribution in [1.82, 2.24) is 29.7 Å². The van der Waals surface area contributed by atoms with Crippen molar-refractivity contribution in [3.05, 3.63) is 12.2 Å². The summed E-state index contributed by atoms with van der Waals surface area (Å²) < 4.78 is 12.6. The molecule has 13 heteroatoms. The van der Waals surface area contributed by atoms with Crippen LogP contribution >= 0.6 is 0 Å². The van der Waals surface area contributed by atoms with Crippen LogP contribution in [0.5, 0.6) is 0 Å². The molecular weight excluding hydrogens is 506 g/mol. The highest BCUT2D eigenvalue weighted by atomic mass is 16.6. The Hall–Kier alpha value is -3.47. The molecule has 3 heterocycles. The molecule has 0 aromatic carbocycles. The molecule has 4 rings (SSSR count). The molecule has 0 radical (unpaired) electrons. The van der Waals surface area contributed by atoms with Crippen LogP contribution in [0.25, 0.3) is 11.2 Å². The van der Waals surface area contributed by atoms with Crippen LogP contribution in [0.1, 0.15) is 58.7 Å². The van der Waals surface area contributed by atoms with E-state index in [1.54, 1.807) is 4.90 Å². The second-order valence-electron chi connectivity index (χ2n) is 11.0. The molecule has 0 spiro atoms. The molecule has 39 heavy (non-hydrogen) atoms. The van der Waals surface area contributed by atoms with Gasteiger partial charge in [-0.3, -0.25) is 9.36 Å². The van der Waals surface area contributed by atoms with Gasteiger partial charge in [-0.15, -0.1) is 0 Å². The Kier molecular flexibility index (Phi) is 8.89. The summed E-state index contributed by atoms with van der Waals surface area (Å²) in [5.41, 5.74) is 6.30. The largest absolute Gasteiger partial charge is 0.444 e. The van der Waals surface area contributed by atoms with Crippen molar-refractivity contribution in [2.45, 2.75) is 83.5 Å². The Labute approximate surface area is 227 Å². The van der Waals surface area contributed by atoms with Crippen LogP contribution in [0, 0.1) is 17.8 Å². The van der Waals surface area contributed by atoms with Crippen molar-refractivity contribution in [2.24, 2.45) is 5.92 Å². The third kappa shape index (κ3) is 7.78. The number of aliphatic hydroxyl groups is 2. The summed E-state index contributed by atoms with van der Waals surface area (Å²) >= 11 is 0. The number of imidazole rings is 1. The van der Waals surface area contributed by atoms with Gasteiger partial charge in [0.05, 0.1) is 12.9 Å². The van der Waals surface area contributed by atoms with Crippen LogP contribution in [0.15, 0.2) is 6.33 Å². The Balaban J connectivity index is 1.36. The Morgan fingerprint density at radius 1 is 1.23 bits per heavy atom. The van der Waals surface area contributed by atoms with E-state index in [1.165, 1.54) is 10.9 Å². The zero-order valence-corrected chi connectivity index (χ0v) is 22.6. The predicted molar refractivity (Wildman–Crippen MR) is 141 cm³/mol. The first-order chi connectivity index (χ1) is 18.5. The lowest BCUT2D eigenvalue weighted by Gasteiger charge is -2.32. The van der Waals surface area contributed by atoms with Gasteiger partial charge < -0.3 is 35.6 Å². The summed E-state index contributed by atoms with van der Waals surface area (Å²) in [5, 5.41) is 22.2. The molecule has 1 saturated carbocycles. The number of ether oxygens (including phenoxy) is 2. The number of aliphatic hydroxyl groups excluding tert-OH is 2. The summed E-state index contributed by atoms with van der Waals surface area (Å²) in [6.45, 7) is 6.03. The number of rotatable bonds is 8. The summed E-state index contributed by atoms with van der Waals surface area (Å²) in [6, 6.07) is 0.0785. The van der Waals surface area contributed by atoms with Gasteiger partial charge in [-0.2, -0.15) is 0 Å². The molecule has 13 nitrogen and oxygen atoms in total. The van der Waals surface area contributed by atoms with Crippen molar-refractivity contribution in [2.75, 3.05) is 25.4 Å². The van der Waals surface area contributed by atoms with Crippen LogP contribution < -0.4 is 11.1 Å². The first-order valence-corrected chi connectivity index (χ1v) is 13.2. The van der Waals surface area contributed by atoms with Gasteiger partial charge in [0.2, 0.25) is 5.82 Å². The molecule has 2 fully saturated rings. The number of likely N-dealkylation sites (tertiary alicyclic amines) is 1. The number of hydrogen-bond donors (Lipinski definition) is 4. The smallest absolute Gasteiger partial charge is 0.410 e. The first kappa shape index (κ1) is 28.5. The van der Waals surface area contributed by atoms with Crippen molar-refractivity contribution < 1.29 is 29.3 Å². The summed E-state index contributed by atoms with van der Waals surface area (Å²) in [6.07, 6.45) is 2.57. The van der Waals surface area contributed by atoms with Gasteiger partial charge in [-0.1, -0.05) is 5.92 Å². The maximum atomic E-state index is 12.5. The quantitative estimate of drug-likeness (QED) is 0.348. The lowest BCUT2D eigenvalue weighted by Crippen LogP contribution is -2.46. The van der Waals surface area contributed by atoms with Gasteiger partial charge in [0, 0.05) is 25.6 Å². The molecule has 1 aliphatic carbocycles. The minimum absolute atomic E-state index is 0.0785. The zero-order valence-electron chi connectivity index (χ0n) is 22.6. The van der Waals surface area contributed by atoms with Crippen LogP contribution in [-0.2, 0) is 21.0 Å². The zero-order chi connectivity index (χ0) is 28.2. The number of anilines is 1. The highest BCUT2D eigenvalue weighted by Crippen LogP contribution is 2.23. The fourth-order valence-electron chi connectivity index (χ4n) is 4.17. The fourth-order valence-corrected chi connectivity index (χ4v) is 4.17. The average Bonchev–Trinajstić information content (AvgIpc) is 3.60. The molecule has 2 aliphatic rings. The van der Waals surface area contributed by atoms with E-state index in [-0.39, 0.29) is 30.5 Å². The van der Waals surface area contributed by atoms with Crippen molar-refractivity contribution in [1.29, 1.82) is 0 Å². The van der Waals surface area contributed by atoms with Crippen LogP contribution in [0.2, 0.25) is 0 Å². The monoisotopic (exact) mass is 543 g/mol. The van der Waals surface area contributed by atoms with E-state index in [9.17, 15) is 19.8 Å². The van der Waals surface area contributed by atoms with Gasteiger partial charge in [-0.25, -0.2) is 19.7 Å². The molecule has 2 atom stereocenters. The molecule has 2 aromatic rings. The predicted octanol–water partition coefficient (Wildman–Crippen LogP) is 0.772. The van der Waals surface area contributed by atoms with E-state index < -0.39 is 30.3 Å². The van der Waals surface area contributed by atoms with E-state index in [4.69, 9.17) is 15.2 Å². The topological polar surface area (TPSA) is 178 Å². The number of fused-ring (bicyclic) bond motifs is 1. The minimum atomic E-state index is -1.38. The number of piperidine rings is 1. The highest BCUT2D eigenvalue weighted by Gasteiger charge is 2.32. The van der Waals surface area contributed by atoms with Gasteiger partial charge in [0.1, 0.15) is 24.0 Å². The average molecular weight is 544 g/mol. The normalized spacial score (nSPS) is 17.8. The molecule has 2 aromatic heterocycles. The van der Waals surface area contributed by atoms with Crippen molar-refractivity contribution in [3.63, 3.8) is 0 Å². The second kappa shape index (κ2) is 12.1. The van der Waals surface area contributed by atoms with Gasteiger partial charge in [-0.05, 0) is 58.3 Å². The van der Waals surface area contributed by atoms with E-state index in [2.05, 4.69) is 32.1 Å². The molecule has 212 valence electrons. The SMILES string of the molecule is CC(C)(C)OC(=O)N1CCC(CC#Cc2nc(N)c3ncn(COC(C(=O)NC4CC4)C(O)CO)c3n2)CC1. The van der Waals surface area contributed by atoms with Crippen molar-refractivity contribution >= 4 is 29.0 Å². The van der Waals surface area contributed by atoms with Gasteiger partial charge >= 0.3 is 6.09 Å². The Bertz CT molecular complexity index is 1240. The maximum Gasteiger partial charge on any atom is 0.410 e. The van der Waals surface area contributed by atoms with Gasteiger partial charge in [0.15, 0.2) is 17.6 Å². The highest BCUT2D eigenvalue weighted by molar-refractivity contribution is 5.82. The van der Waals surface area contributed by atoms with E-state index >= 15 is 0 Å². The number of amides is 2. The minimum Gasteiger partial charge on any atom is -0.444 e. The van der Waals surface area contributed by atoms with Crippen LogP contribution in [0.3, 0.4) is 0 Å². The number of carbonyl (C=O) groups excluding carboxylic acids is 2. The second-order valence-corrected chi connectivity index (χ2v) is 11.0. The molecule has 2 unspecified atom stereocenters. The maximum absolute atomic E-state index is 12.5. The number of nitrogens with two attached hydrogens (primary N) is 1. The lowest BCUT2D eigenvalue weighted by atomic mass is 9.94. The molecule has 1 saturated heterocycles. The van der Waals surface area contributed by atoms with Crippen LogP contribution in [-0.4, -0.2) is 90.2 Å². The van der Waals surface area contributed by atoms with E-state index in [1.807, 2.05) is 20.8 Å². The Morgan fingerprint density at radius 2 is 1.95 bits per heavy atom. The van der Waals surface area contributed by atoms with Gasteiger partial charge in [0.25, 0.3) is 5.91 Å². The standard InChI is InChI=1S/C26H37N7O6/c1-26(2,3)39-25(37)32-11-9-16(10-12-32)5-4-6-19-30-22(27)20-23(31-19)33(14-28-20)15-38-21(18(35)13-34)24(36)29-17-7-8-17/h14,16-18,21,34-35H,5,7-13,15H2,1-3H3,(H,29,36)(H2,27,30,31). The number of hydrogen-bond acceptors (Lipinski definition) is 10. The number of aromatic nitrogens is 4. The van der Waals surface area contributed by atoms with E-state index in [0.29, 0.717) is 36.6 Å². The third-order valence-corrected chi connectivity index (χ3v) is 6.46. The summed E-state index contributed by atoms with van der Waals surface area (Å²) in [4.78, 5) is 39.4. The number of nitrogen functional groups attached to an aromatic ring is 1. The van der Waals surface area contributed by atoms with Crippen molar-refractivity contribution in [3.8, 4) is 11.8 Å². The first-order valence-electron chi connectivity index (χ1n) is 13.2. The number of nitrogens with one attached hydrogen (secondary N) is 1. The number of nitrogens with zero attached hydrogens (tertiary/aromatic N) is 5. The molecule has 2 amide bonds. The lowest BCUT2D eigenvalue weighted by molar-refractivity contribution is -0.147. The van der Waals surface area contributed by atoms with Crippen LogP contribution in [0.4, 0.5) is 10.6 Å². The van der Waals surface area contributed by atoms with E-state index in [0.717, 1.165) is 25.7 Å². The molecular formula is C26H37N7O6. The molecule has 0 bridgehead atoms. The third-order valence-electron chi connectivity index (χ3n) is 6.46. The number of carbonyl (C=O) groups is 2.